The van der Waals surface area contributed by atoms with E-state index in [4.69, 9.17) is 0 Å². The lowest BCUT2D eigenvalue weighted by molar-refractivity contribution is -0.153. The smallest absolute Gasteiger partial charge is 0.422 e. The van der Waals surface area contributed by atoms with E-state index in [0.717, 1.165) is 23.3 Å². The van der Waals surface area contributed by atoms with Gasteiger partial charge in [-0.05, 0) is 36.8 Å². The molecule has 0 bridgehead atoms. The molecule has 3 aromatic rings. The third-order valence-electron chi connectivity index (χ3n) is 5.06. The molecular weight excluding hydrogens is 403 g/mol. The Bertz CT molecular complexity index is 1010. The van der Waals surface area contributed by atoms with Gasteiger partial charge in [0, 0.05) is 29.7 Å². The zero-order valence-corrected chi connectivity index (χ0v) is 16.4. The van der Waals surface area contributed by atoms with Gasteiger partial charge in [-0.2, -0.15) is 13.2 Å². The Morgan fingerprint density at radius 3 is 3.00 bits per heavy atom. The van der Waals surface area contributed by atoms with E-state index >= 15 is 0 Å². The van der Waals surface area contributed by atoms with E-state index in [-0.39, 0.29) is 17.1 Å². The van der Waals surface area contributed by atoms with Crippen molar-refractivity contribution in [3.63, 3.8) is 0 Å². The number of rotatable bonds is 7. The fourth-order valence-electron chi connectivity index (χ4n) is 3.54. The van der Waals surface area contributed by atoms with Gasteiger partial charge in [0.05, 0.1) is 10.9 Å². The number of ether oxygens (including phenoxy) is 1. The molecule has 1 amide bonds. The molecule has 3 atom stereocenters. The van der Waals surface area contributed by atoms with Crippen molar-refractivity contribution < 1.29 is 22.7 Å². The van der Waals surface area contributed by atoms with Crippen LogP contribution in [0.2, 0.25) is 0 Å². The van der Waals surface area contributed by atoms with Crippen LogP contribution in [-0.4, -0.2) is 28.7 Å². The fraction of sp³-hybridized carbons (Fsp3) is 0.400. The Morgan fingerprint density at radius 2 is 2.21 bits per heavy atom. The first-order valence-electron chi connectivity index (χ1n) is 9.31. The van der Waals surface area contributed by atoms with Gasteiger partial charge in [0.15, 0.2) is 6.61 Å². The average molecular weight is 423 g/mol. The van der Waals surface area contributed by atoms with Gasteiger partial charge >= 0.3 is 6.18 Å². The molecule has 4 rings (SSSR count). The van der Waals surface area contributed by atoms with Gasteiger partial charge in [-0.25, -0.2) is 4.98 Å². The lowest BCUT2D eigenvalue weighted by Crippen LogP contribution is -2.26. The number of hydrogen-bond acceptors (Lipinski definition) is 4. The number of H-pyrrole nitrogens is 1. The number of aromatic nitrogens is 2. The predicted octanol–water partition coefficient (Wildman–Crippen LogP) is 4.94. The molecule has 0 unspecified atom stereocenters. The summed E-state index contributed by atoms with van der Waals surface area (Å²) in [6.45, 7) is 0.403. The van der Waals surface area contributed by atoms with Crippen LogP contribution in [0.1, 0.15) is 42.2 Å². The van der Waals surface area contributed by atoms with E-state index in [0.29, 0.717) is 23.1 Å². The maximum atomic E-state index is 12.4. The molecule has 1 aliphatic carbocycles. The van der Waals surface area contributed by atoms with Crippen molar-refractivity contribution in [3.05, 3.63) is 47.1 Å². The molecule has 0 aliphatic heterocycles. The third kappa shape index (κ3) is 4.72. The summed E-state index contributed by atoms with van der Waals surface area (Å²) in [4.78, 5) is 20.2. The van der Waals surface area contributed by atoms with Crippen molar-refractivity contribution in [3.8, 4) is 5.19 Å². The number of nitrogens with one attached hydrogen (secondary N) is 2. The molecule has 2 N–H and O–H groups in total. The van der Waals surface area contributed by atoms with Crippen LogP contribution in [0.25, 0.3) is 10.9 Å². The van der Waals surface area contributed by atoms with Crippen LogP contribution >= 0.6 is 11.3 Å². The van der Waals surface area contributed by atoms with E-state index in [9.17, 15) is 18.0 Å². The van der Waals surface area contributed by atoms with Gasteiger partial charge < -0.3 is 15.0 Å². The van der Waals surface area contributed by atoms with Gasteiger partial charge in [0.2, 0.25) is 5.91 Å². The third-order valence-corrected chi connectivity index (χ3v) is 6.15. The van der Waals surface area contributed by atoms with Crippen molar-refractivity contribution in [1.29, 1.82) is 0 Å². The second-order valence-electron chi connectivity index (χ2n) is 7.32. The maximum Gasteiger partial charge on any atom is 0.422 e. The highest BCUT2D eigenvalue weighted by atomic mass is 32.1. The number of hydrogen-bond donors (Lipinski definition) is 2. The lowest BCUT2D eigenvalue weighted by Gasteiger charge is -2.11. The normalized spacial score (nSPS) is 19.9. The molecular formula is C20H20F3N3O2S. The monoisotopic (exact) mass is 423 g/mol. The SMILES string of the molecule is C[C@@H](NC(=O)C[C@@H]1C[C@@H]1c1c[nH]c2ccccc12)c1cnc(OCC(F)(F)F)s1. The molecule has 1 saturated carbocycles. The molecule has 29 heavy (non-hydrogen) atoms. The summed E-state index contributed by atoms with van der Waals surface area (Å²) in [5.41, 5.74) is 2.35. The number of para-hydroxylation sites is 1. The molecule has 0 radical (unpaired) electrons. The number of carbonyl (C=O) groups excluding carboxylic acids is 1. The molecule has 1 aromatic carbocycles. The summed E-state index contributed by atoms with van der Waals surface area (Å²) in [6, 6.07) is 7.77. The van der Waals surface area contributed by atoms with Crippen molar-refractivity contribution in [1.82, 2.24) is 15.3 Å². The molecule has 0 spiro atoms. The van der Waals surface area contributed by atoms with Crippen LogP contribution in [0.4, 0.5) is 13.2 Å². The summed E-state index contributed by atoms with van der Waals surface area (Å²) in [7, 11) is 0. The number of halogens is 3. The van der Waals surface area contributed by atoms with E-state index in [1.165, 1.54) is 17.1 Å². The van der Waals surface area contributed by atoms with Crippen LogP contribution in [0, 0.1) is 5.92 Å². The summed E-state index contributed by atoms with van der Waals surface area (Å²) in [5, 5.41) is 4.05. The Kier molecular flexibility index (Phi) is 5.24. The Labute approximate surface area is 169 Å². The number of nitrogens with zero attached hydrogens (tertiary/aromatic N) is 1. The number of benzene rings is 1. The second-order valence-corrected chi connectivity index (χ2v) is 8.34. The van der Waals surface area contributed by atoms with E-state index in [1.807, 2.05) is 24.4 Å². The number of aromatic amines is 1. The van der Waals surface area contributed by atoms with E-state index in [2.05, 4.69) is 26.1 Å². The van der Waals surface area contributed by atoms with E-state index in [1.54, 1.807) is 6.92 Å². The van der Waals surface area contributed by atoms with Crippen LogP contribution in [0.3, 0.4) is 0 Å². The maximum absolute atomic E-state index is 12.4. The number of amides is 1. The Morgan fingerprint density at radius 1 is 1.41 bits per heavy atom. The number of alkyl halides is 3. The molecule has 1 fully saturated rings. The first-order chi connectivity index (χ1) is 13.8. The zero-order chi connectivity index (χ0) is 20.6. The highest BCUT2D eigenvalue weighted by Gasteiger charge is 2.41. The molecule has 5 nitrogen and oxygen atoms in total. The topological polar surface area (TPSA) is 67.0 Å². The van der Waals surface area contributed by atoms with Crippen LogP contribution in [-0.2, 0) is 4.79 Å². The average Bonchev–Trinajstić information content (AvgIpc) is 3.09. The van der Waals surface area contributed by atoms with Crippen LogP contribution < -0.4 is 10.1 Å². The molecule has 0 saturated heterocycles. The summed E-state index contributed by atoms with van der Waals surface area (Å²) >= 11 is 1.01. The van der Waals surface area contributed by atoms with Gasteiger partial charge in [-0.15, -0.1) is 0 Å². The lowest BCUT2D eigenvalue weighted by atomic mass is 10.1. The number of carbonyl (C=O) groups is 1. The molecule has 154 valence electrons. The summed E-state index contributed by atoms with van der Waals surface area (Å²) in [6.07, 6.45) is 0.449. The highest BCUT2D eigenvalue weighted by molar-refractivity contribution is 7.13. The molecule has 1 aliphatic rings. The summed E-state index contributed by atoms with van der Waals surface area (Å²) in [5.74, 6) is 0.600. The van der Waals surface area contributed by atoms with Gasteiger partial charge in [0.25, 0.3) is 5.19 Å². The van der Waals surface area contributed by atoms with Crippen LogP contribution in [0.5, 0.6) is 5.19 Å². The van der Waals surface area contributed by atoms with Crippen molar-refractivity contribution >= 4 is 28.1 Å². The molecule has 2 heterocycles. The van der Waals surface area contributed by atoms with Crippen molar-refractivity contribution in [2.24, 2.45) is 5.92 Å². The minimum Gasteiger partial charge on any atom is -0.460 e. The number of thiazole rings is 1. The predicted molar refractivity (Wildman–Crippen MR) is 104 cm³/mol. The zero-order valence-electron chi connectivity index (χ0n) is 15.6. The minimum absolute atomic E-state index is 0.0555. The van der Waals surface area contributed by atoms with Gasteiger partial charge in [-0.1, -0.05) is 29.5 Å². The first-order valence-corrected chi connectivity index (χ1v) is 10.1. The quantitative estimate of drug-likeness (QED) is 0.566. The standard InChI is InChI=1S/C20H20F3N3O2S/c1-11(17-9-25-19(29-17)28-10-20(21,22)23)26-18(27)7-12-6-14(12)15-8-24-16-5-3-2-4-13(15)16/h2-5,8-9,11-12,14,24H,6-7,10H2,1H3,(H,26,27)/t11-,12+,14+/m1/s1. The van der Waals surface area contributed by atoms with Crippen molar-refractivity contribution in [2.75, 3.05) is 6.61 Å². The minimum atomic E-state index is -4.41. The van der Waals surface area contributed by atoms with Crippen LogP contribution in [0.15, 0.2) is 36.7 Å². The van der Waals surface area contributed by atoms with Gasteiger partial charge in [0.1, 0.15) is 0 Å². The first kappa shape index (κ1) is 19.8. The van der Waals surface area contributed by atoms with Crippen molar-refractivity contribution in [2.45, 2.75) is 37.9 Å². The molecule has 9 heteroatoms. The Balaban J connectivity index is 1.29. The highest BCUT2D eigenvalue weighted by Crippen LogP contribution is 2.51. The Hall–Kier alpha value is -2.55. The summed E-state index contributed by atoms with van der Waals surface area (Å²) < 4.78 is 41.3. The number of fused-ring (bicyclic) bond motifs is 1. The van der Waals surface area contributed by atoms with E-state index < -0.39 is 12.8 Å². The second kappa shape index (κ2) is 7.70. The molecule has 2 aromatic heterocycles. The fourth-order valence-corrected chi connectivity index (χ4v) is 4.31. The van der Waals surface area contributed by atoms with Gasteiger partial charge in [-0.3, -0.25) is 4.79 Å². The largest absolute Gasteiger partial charge is 0.460 e.